The van der Waals surface area contributed by atoms with Crippen LogP contribution in [0.1, 0.15) is 11.3 Å². The topological polar surface area (TPSA) is 0 Å². The van der Waals surface area contributed by atoms with Crippen molar-refractivity contribution in [2.75, 3.05) is 5.75 Å². The lowest BCUT2D eigenvalue weighted by Crippen LogP contribution is -1.79. The Hall–Kier alpha value is -0.550. The monoisotopic (exact) mass is 322 g/mol. The molecule has 0 aliphatic carbocycles. The molecule has 0 spiro atoms. The van der Waals surface area contributed by atoms with Crippen LogP contribution in [-0.4, -0.2) is 5.75 Å². The summed E-state index contributed by atoms with van der Waals surface area (Å²) in [7, 11) is 0. The first-order valence-electron chi connectivity index (χ1n) is 6.20. The largest absolute Gasteiger partial charge is 0.179 e. The van der Waals surface area contributed by atoms with Crippen molar-refractivity contribution in [1.82, 2.24) is 0 Å². The van der Waals surface area contributed by atoms with Gasteiger partial charge in [-0.2, -0.15) is 12.6 Å². The van der Waals surface area contributed by atoms with E-state index >= 15 is 0 Å². The first-order valence-corrected chi connectivity index (χ1v) is 9.35. The molecule has 0 saturated carbocycles. The Morgan fingerprint density at radius 3 is 2.32 bits per heavy atom. The standard InChI is InChI=1S/C15H14S4/c16-9-1-3-11-5-6-14(18-11)15-8-7-13(19-15)12-4-2-10-17-12/h2,4-8,10,16H,1,3,9H2. The molecule has 0 N–H and O–H groups in total. The summed E-state index contributed by atoms with van der Waals surface area (Å²) in [5.41, 5.74) is 0. The normalized spacial score (nSPS) is 11.0. The second-order valence-electron chi connectivity index (χ2n) is 4.23. The Kier molecular flexibility index (Phi) is 4.43. The fraction of sp³-hybridized carbons (Fsp3) is 0.200. The highest BCUT2D eigenvalue weighted by Crippen LogP contribution is 2.39. The maximum Gasteiger partial charge on any atom is 0.0449 e. The number of aryl methyl sites for hydroxylation is 1. The number of hydrogen-bond donors (Lipinski definition) is 1. The molecule has 0 bridgehead atoms. The van der Waals surface area contributed by atoms with Gasteiger partial charge in [-0.25, -0.2) is 0 Å². The third kappa shape index (κ3) is 3.14. The molecule has 0 nitrogen and oxygen atoms in total. The van der Waals surface area contributed by atoms with Crippen LogP contribution < -0.4 is 0 Å². The SMILES string of the molecule is SCCCc1ccc(-c2ccc(-c3cccs3)s2)s1. The highest BCUT2D eigenvalue weighted by atomic mass is 32.1. The minimum atomic E-state index is 0.967. The Morgan fingerprint density at radius 1 is 0.842 bits per heavy atom. The lowest BCUT2D eigenvalue weighted by Gasteiger charge is -1.93. The van der Waals surface area contributed by atoms with Crippen LogP contribution in [0.15, 0.2) is 41.8 Å². The van der Waals surface area contributed by atoms with Crippen molar-refractivity contribution < 1.29 is 0 Å². The van der Waals surface area contributed by atoms with Gasteiger partial charge in [-0.05, 0) is 54.3 Å². The van der Waals surface area contributed by atoms with Gasteiger partial charge >= 0.3 is 0 Å². The third-order valence-corrected chi connectivity index (χ3v) is 6.66. The first kappa shape index (κ1) is 13.4. The molecule has 0 atom stereocenters. The van der Waals surface area contributed by atoms with Gasteiger partial charge in [-0.3, -0.25) is 0 Å². The average molecular weight is 323 g/mol. The van der Waals surface area contributed by atoms with Crippen molar-refractivity contribution in [1.29, 1.82) is 0 Å². The van der Waals surface area contributed by atoms with Crippen LogP contribution in [0.3, 0.4) is 0 Å². The van der Waals surface area contributed by atoms with E-state index in [0.717, 1.165) is 18.6 Å². The average Bonchev–Trinajstić information content (AvgIpc) is 3.14. The van der Waals surface area contributed by atoms with Gasteiger partial charge in [-0.15, -0.1) is 34.0 Å². The molecule has 0 aliphatic rings. The quantitative estimate of drug-likeness (QED) is 0.542. The second-order valence-corrected chi connectivity index (χ2v) is 7.88. The molecular formula is C15H14S4. The van der Waals surface area contributed by atoms with Gasteiger partial charge in [0.15, 0.2) is 0 Å². The first-order chi connectivity index (χ1) is 9.36. The molecule has 3 aromatic rings. The Balaban J connectivity index is 1.81. The van der Waals surface area contributed by atoms with E-state index in [0.29, 0.717) is 0 Å². The summed E-state index contributed by atoms with van der Waals surface area (Å²) in [6.45, 7) is 0. The number of hydrogen-bond acceptors (Lipinski definition) is 4. The highest BCUT2D eigenvalue weighted by molar-refractivity contribution is 7.80. The van der Waals surface area contributed by atoms with Crippen LogP contribution in [0.2, 0.25) is 0 Å². The van der Waals surface area contributed by atoms with E-state index in [4.69, 9.17) is 0 Å². The predicted molar refractivity (Wildman–Crippen MR) is 93.1 cm³/mol. The summed E-state index contributed by atoms with van der Waals surface area (Å²) in [6.07, 6.45) is 2.31. The number of rotatable bonds is 5. The summed E-state index contributed by atoms with van der Waals surface area (Å²) < 4.78 is 0. The third-order valence-electron chi connectivity index (χ3n) is 2.86. The van der Waals surface area contributed by atoms with E-state index in [1.165, 1.54) is 24.4 Å². The molecule has 3 heterocycles. The van der Waals surface area contributed by atoms with Gasteiger partial charge in [0.25, 0.3) is 0 Å². The smallest absolute Gasteiger partial charge is 0.0449 e. The molecule has 19 heavy (non-hydrogen) atoms. The van der Waals surface area contributed by atoms with Crippen LogP contribution in [0.5, 0.6) is 0 Å². The van der Waals surface area contributed by atoms with Crippen LogP contribution in [-0.2, 0) is 6.42 Å². The van der Waals surface area contributed by atoms with Gasteiger partial charge in [-0.1, -0.05) is 6.07 Å². The van der Waals surface area contributed by atoms with Crippen LogP contribution in [0.4, 0.5) is 0 Å². The minimum Gasteiger partial charge on any atom is -0.179 e. The minimum absolute atomic E-state index is 0.967. The zero-order valence-corrected chi connectivity index (χ0v) is 13.7. The van der Waals surface area contributed by atoms with E-state index in [2.05, 4.69) is 54.4 Å². The van der Waals surface area contributed by atoms with Gasteiger partial charge in [0.2, 0.25) is 0 Å². The van der Waals surface area contributed by atoms with Crippen molar-refractivity contribution in [3.8, 4) is 19.5 Å². The molecule has 3 rings (SSSR count). The predicted octanol–water partition coefficient (Wildman–Crippen LogP) is 6.07. The highest BCUT2D eigenvalue weighted by Gasteiger charge is 2.08. The molecular weight excluding hydrogens is 308 g/mol. The van der Waals surface area contributed by atoms with E-state index < -0.39 is 0 Å². The fourth-order valence-corrected chi connectivity index (χ4v) is 5.06. The second kappa shape index (κ2) is 6.27. The molecule has 0 saturated heterocycles. The molecule has 0 radical (unpaired) electrons. The zero-order chi connectivity index (χ0) is 13.1. The summed E-state index contributed by atoms with van der Waals surface area (Å²) >= 11 is 9.88. The van der Waals surface area contributed by atoms with Crippen molar-refractivity contribution in [2.24, 2.45) is 0 Å². The van der Waals surface area contributed by atoms with E-state index in [-0.39, 0.29) is 0 Å². The Labute approximate surface area is 131 Å². The van der Waals surface area contributed by atoms with Crippen molar-refractivity contribution in [3.05, 3.63) is 46.7 Å². The van der Waals surface area contributed by atoms with Gasteiger partial charge in [0, 0.05) is 24.4 Å². The number of thiol groups is 1. The molecule has 0 fully saturated rings. The maximum absolute atomic E-state index is 4.27. The van der Waals surface area contributed by atoms with E-state index in [9.17, 15) is 0 Å². The molecule has 0 aromatic carbocycles. The summed E-state index contributed by atoms with van der Waals surface area (Å²) in [5.74, 6) is 0.967. The van der Waals surface area contributed by atoms with E-state index in [1.807, 2.05) is 22.7 Å². The summed E-state index contributed by atoms with van der Waals surface area (Å²) in [5, 5.41) is 2.13. The maximum atomic E-state index is 4.27. The van der Waals surface area contributed by atoms with E-state index in [1.54, 1.807) is 11.3 Å². The molecule has 0 aliphatic heterocycles. The summed E-state index contributed by atoms with van der Waals surface area (Å²) in [4.78, 5) is 6.97. The van der Waals surface area contributed by atoms with Gasteiger partial charge in [0.1, 0.15) is 0 Å². The molecule has 98 valence electrons. The van der Waals surface area contributed by atoms with Crippen molar-refractivity contribution in [2.45, 2.75) is 12.8 Å². The lowest BCUT2D eigenvalue weighted by atomic mass is 10.3. The lowest BCUT2D eigenvalue weighted by molar-refractivity contribution is 0.955. The Morgan fingerprint density at radius 2 is 1.58 bits per heavy atom. The van der Waals surface area contributed by atoms with Crippen LogP contribution in [0.25, 0.3) is 19.5 Å². The number of thiophene rings is 3. The van der Waals surface area contributed by atoms with Gasteiger partial charge in [0.05, 0.1) is 0 Å². The van der Waals surface area contributed by atoms with Crippen molar-refractivity contribution >= 4 is 46.6 Å². The fourth-order valence-electron chi connectivity index (χ4n) is 1.92. The molecule has 4 heteroatoms. The summed E-state index contributed by atoms with van der Waals surface area (Å²) in [6, 6.07) is 13.3. The molecule has 0 unspecified atom stereocenters. The van der Waals surface area contributed by atoms with Crippen molar-refractivity contribution in [3.63, 3.8) is 0 Å². The zero-order valence-electron chi connectivity index (χ0n) is 10.3. The molecule has 3 aromatic heterocycles. The molecule has 0 amide bonds. The Bertz CT molecular complexity index is 631. The van der Waals surface area contributed by atoms with Gasteiger partial charge < -0.3 is 0 Å². The van der Waals surface area contributed by atoms with Crippen LogP contribution in [0, 0.1) is 0 Å². The van der Waals surface area contributed by atoms with Crippen LogP contribution >= 0.6 is 46.6 Å².